The number of thiophene rings is 1. The molecule has 0 amide bonds. The molecule has 2 rings (SSSR count). The van der Waals surface area contributed by atoms with E-state index in [1.165, 1.54) is 11.3 Å². The summed E-state index contributed by atoms with van der Waals surface area (Å²) >= 11 is 4.93. The molecule has 2 heterocycles. The van der Waals surface area contributed by atoms with Gasteiger partial charge < -0.3 is 9.26 Å². The molecule has 0 saturated heterocycles. The van der Waals surface area contributed by atoms with Gasteiger partial charge in [0, 0.05) is 9.85 Å². The standard InChI is InChI=1S/C15H20BrN3O3S/c1-9(14(20)21-15(2,3)4)19(5)7-12-17-13(18-22-12)11-6-10(16)8-23-11/h6,8-9H,7H2,1-5H3/t9-/m1/s1. The van der Waals surface area contributed by atoms with Crippen molar-refractivity contribution in [3.63, 3.8) is 0 Å². The summed E-state index contributed by atoms with van der Waals surface area (Å²) in [5.41, 5.74) is -0.504. The molecule has 8 heteroatoms. The Labute approximate surface area is 148 Å². The number of halogens is 1. The minimum absolute atomic E-state index is 0.276. The molecule has 0 radical (unpaired) electrons. The third kappa shape index (κ3) is 5.12. The van der Waals surface area contributed by atoms with Crippen LogP contribution in [0, 0.1) is 0 Å². The smallest absolute Gasteiger partial charge is 0.323 e. The number of hydrogen-bond donors (Lipinski definition) is 0. The Kier molecular flexibility index (Phi) is 5.59. The fourth-order valence-electron chi connectivity index (χ4n) is 1.77. The maximum atomic E-state index is 12.1. The van der Waals surface area contributed by atoms with Crippen LogP contribution in [0.2, 0.25) is 0 Å². The topological polar surface area (TPSA) is 68.5 Å². The fourth-order valence-corrected chi connectivity index (χ4v) is 3.12. The molecule has 0 aromatic carbocycles. The molecule has 0 aliphatic heterocycles. The molecular formula is C15H20BrN3O3S. The van der Waals surface area contributed by atoms with E-state index in [4.69, 9.17) is 9.26 Å². The van der Waals surface area contributed by atoms with Crippen LogP contribution in [0.25, 0.3) is 10.7 Å². The van der Waals surface area contributed by atoms with Crippen molar-refractivity contribution in [3.05, 3.63) is 21.8 Å². The molecule has 0 N–H and O–H groups in total. The summed E-state index contributed by atoms with van der Waals surface area (Å²) in [7, 11) is 1.82. The van der Waals surface area contributed by atoms with E-state index in [2.05, 4.69) is 26.1 Å². The number of esters is 1. The van der Waals surface area contributed by atoms with Gasteiger partial charge in [-0.05, 0) is 56.7 Å². The molecular weight excluding hydrogens is 382 g/mol. The van der Waals surface area contributed by atoms with Gasteiger partial charge in [-0.2, -0.15) is 4.98 Å². The normalized spacial score (nSPS) is 13.3. The Hall–Kier alpha value is -1.25. The molecule has 0 unspecified atom stereocenters. The number of aromatic nitrogens is 2. The summed E-state index contributed by atoms with van der Waals surface area (Å²) in [6.07, 6.45) is 0. The summed E-state index contributed by atoms with van der Waals surface area (Å²) in [6, 6.07) is 1.53. The van der Waals surface area contributed by atoms with E-state index in [0.717, 1.165) is 9.35 Å². The van der Waals surface area contributed by atoms with Gasteiger partial charge in [0.25, 0.3) is 0 Å². The maximum Gasteiger partial charge on any atom is 0.323 e. The Bertz CT molecular complexity index is 678. The summed E-state index contributed by atoms with van der Waals surface area (Å²) in [4.78, 5) is 19.2. The van der Waals surface area contributed by atoms with Gasteiger partial charge in [-0.1, -0.05) is 5.16 Å². The van der Waals surface area contributed by atoms with Crippen molar-refractivity contribution >= 4 is 33.2 Å². The van der Waals surface area contributed by atoms with Crippen LogP contribution in [0.15, 0.2) is 20.4 Å². The van der Waals surface area contributed by atoms with Gasteiger partial charge in [-0.15, -0.1) is 11.3 Å². The predicted octanol–water partition coefficient (Wildman–Crippen LogP) is 3.72. The number of rotatable bonds is 5. The van der Waals surface area contributed by atoms with Crippen LogP contribution in [0.4, 0.5) is 0 Å². The van der Waals surface area contributed by atoms with Crippen LogP contribution in [0.3, 0.4) is 0 Å². The average Bonchev–Trinajstić information content (AvgIpc) is 3.04. The van der Waals surface area contributed by atoms with Gasteiger partial charge in [0.1, 0.15) is 11.6 Å². The SMILES string of the molecule is C[C@H](C(=O)OC(C)(C)C)N(C)Cc1nc(-c2cc(Br)cs2)no1. The molecule has 0 aliphatic carbocycles. The quantitative estimate of drug-likeness (QED) is 0.710. The number of ether oxygens (including phenoxy) is 1. The summed E-state index contributed by atoms with van der Waals surface area (Å²) in [6.45, 7) is 7.71. The minimum atomic E-state index is -0.504. The monoisotopic (exact) mass is 401 g/mol. The van der Waals surface area contributed by atoms with Gasteiger partial charge in [-0.25, -0.2) is 0 Å². The molecule has 126 valence electrons. The lowest BCUT2D eigenvalue weighted by molar-refractivity contribution is -0.160. The van der Waals surface area contributed by atoms with E-state index in [1.54, 1.807) is 6.92 Å². The Balaban J connectivity index is 1.99. The van der Waals surface area contributed by atoms with E-state index < -0.39 is 11.6 Å². The first kappa shape index (κ1) is 18.1. The molecule has 2 aromatic heterocycles. The zero-order valence-corrected chi connectivity index (χ0v) is 16.2. The summed E-state index contributed by atoms with van der Waals surface area (Å²) in [5.74, 6) is 0.735. The molecule has 0 spiro atoms. The summed E-state index contributed by atoms with van der Waals surface area (Å²) in [5, 5.41) is 5.94. The second-order valence-electron chi connectivity index (χ2n) is 6.27. The van der Waals surface area contributed by atoms with Crippen LogP contribution in [0.5, 0.6) is 0 Å². The van der Waals surface area contributed by atoms with Gasteiger partial charge in [0.2, 0.25) is 11.7 Å². The van der Waals surface area contributed by atoms with E-state index in [1.807, 2.05) is 44.2 Å². The lowest BCUT2D eigenvalue weighted by Crippen LogP contribution is -2.40. The molecule has 23 heavy (non-hydrogen) atoms. The van der Waals surface area contributed by atoms with Crippen molar-refractivity contribution in [1.29, 1.82) is 0 Å². The van der Waals surface area contributed by atoms with E-state index in [9.17, 15) is 4.79 Å². The van der Waals surface area contributed by atoms with Crippen molar-refractivity contribution < 1.29 is 14.1 Å². The highest BCUT2D eigenvalue weighted by molar-refractivity contribution is 9.10. The first-order valence-electron chi connectivity index (χ1n) is 7.16. The second kappa shape index (κ2) is 7.11. The van der Waals surface area contributed by atoms with Crippen molar-refractivity contribution in [2.45, 2.75) is 45.9 Å². The van der Waals surface area contributed by atoms with E-state index >= 15 is 0 Å². The largest absolute Gasteiger partial charge is 0.459 e. The zero-order valence-electron chi connectivity index (χ0n) is 13.8. The second-order valence-corrected chi connectivity index (χ2v) is 8.09. The lowest BCUT2D eigenvalue weighted by atomic mass is 10.2. The number of carbonyl (C=O) groups is 1. The number of likely N-dealkylation sites (N-methyl/N-ethyl adjacent to an activating group) is 1. The Morgan fingerprint density at radius 2 is 2.22 bits per heavy atom. The molecule has 0 aliphatic rings. The fraction of sp³-hybridized carbons (Fsp3) is 0.533. The van der Waals surface area contributed by atoms with Crippen LogP contribution in [0.1, 0.15) is 33.6 Å². The minimum Gasteiger partial charge on any atom is -0.459 e. The van der Waals surface area contributed by atoms with Gasteiger partial charge in [0.15, 0.2) is 0 Å². The van der Waals surface area contributed by atoms with Gasteiger partial charge in [0.05, 0.1) is 11.4 Å². The highest BCUT2D eigenvalue weighted by Crippen LogP contribution is 2.27. The van der Waals surface area contributed by atoms with Crippen molar-refractivity contribution in [2.24, 2.45) is 0 Å². The first-order chi connectivity index (χ1) is 10.7. The number of hydrogen-bond acceptors (Lipinski definition) is 7. The van der Waals surface area contributed by atoms with E-state index in [-0.39, 0.29) is 5.97 Å². The predicted molar refractivity (Wildman–Crippen MR) is 92.1 cm³/mol. The molecule has 1 atom stereocenters. The Morgan fingerprint density at radius 1 is 1.52 bits per heavy atom. The van der Waals surface area contributed by atoms with Gasteiger partial charge >= 0.3 is 5.97 Å². The third-order valence-electron chi connectivity index (χ3n) is 3.05. The molecule has 0 fully saturated rings. The summed E-state index contributed by atoms with van der Waals surface area (Å²) < 4.78 is 11.6. The van der Waals surface area contributed by atoms with Crippen LogP contribution < -0.4 is 0 Å². The van der Waals surface area contributed by atoms with Crippen LogP contribution in [-0.4, -0.2) is 39.7 Å². The van der Waals surface area contributed by atoms with Crippen molar-refractivity contribution in [3.8, 4) is 10.7 Å². The van der Waals surface area contributed by atoms with E-state index in [0.29, 0.717) is 18.3 Å². The van der Waals surface area contributed by atoms with Crippen LogP contribution in [-0.2, 0) is 16.1 Å². The number of carbonyl (C=O) groups excluding carboxylic acids is 1. The third-order valence-corrected chi connectivity index (χ3v) is 4.74. The van der Waals surface area contributed by atoms with Crippen molar-refractivity contribution in [2.75, 3.05) is 7.05 Å². The Morgan fingerprint density at radius 3 is 2.78 bits per heavy atom. The van der Waals surface area contributed by atoms with Crippen molar-refractivity contribution in [1.82, 2.24) is 15.0 Å². The zero-order chi connectivity index (χ0) is 17.2. The molecule has 0 bridgehead atoms. The number of nitrogens with zero attached hydrogens (tertiary/aromatic N) is 3. The lowest BCUT2D eigenvalue weighted by Gasteiger charge is -2.26. The highest BCUT2D eigenvalue weighted by Gasteiger charge is 2.26. The maximum absolute atomic E-state index is 12.1. The highest BCUT2D eigenvalue weighted by atomic mass is 79.9. The first-order valence-corrected chi connectivity index (χ1v) is 8.83. The van der Waals surface area contributed by atoms with Gasteiger partial charge in [-0.3, -0.25) is 9.69 Å². The van der Waals surface area contributed by atoms with Crippen LogP contribution >= 0.6 is 27.3 Å². The molecule has 2 aromatic rings. The molecule has 6 nitrogen and oxygen atoms in total. The molecule has 0 saturated carbocycles. The average molecular weight is 402 g/mol.